The fourth-order valence-corrected chi connectivity index (χ4v) is 5.08. The highest BCUT2D eigenvalue weighted by molar-refractivity contribution is 5.91. The first-order chi connectivity index (χ1) is 18.1. The van der Waals surface area contributed by atoms with Crippen LogP contribution in [0, 0.1) is 5.92 Å². The number of ether oxygens (including phenoxy) is 1. The number of H-pyrrole nitrogens is 1. The number of carbonyl (C=O) groups excluding carboxylic acids is 2. The summed E-state index contributed by atoms with van der Waals surface area (Å²) in [5.74, 6) is 0.945. The van der Waals surface area contributed by atoms with Crippen LogP contribution in [-0.2, 0) is 22.6 Å². The minimum atomic E-state index is -0.0592. The van der Waals surface area contributed by atoms with Crippen molar-refractivity contribution in [2.75, 3.05) is 20.2 Å². The molecule has 1 aliphatic rings. The van der Waals surface area contributed by atoms with E-state index in [0.717, 1.165) is 39.0 Å². The van der Waals surface area contributed by atoms with Crippen molar-refractivity contribution in [2.24, 2.45) is 5.92 Å². The standard InChI is InChI=1S/C30H32N4O3/c1-37-24-10-8-22(9-11-24)29-26(25-6-2-3-7-27(25)33-29)12-13-28(35)34-17-14-23(15-18-34)30(36)32-20-21-5-4-16-31-19-21/h2-11,16,19,23,33H,12-15,17-18,20H2,1H3,(H,32,36). The lowest BCUT2D eigenvalue weighted by molar-refractivity contribution is -0.135. The zero-order valence-corrected chi connectivity index (χ0v) is 21.1. The van der Waals surface area contributed by atoms with Gasteiger partial charge in [0.2, 0.25) is 11.8 Å². The quantitative estimate of drug-likeness (QED) is 0.369. The Morgan fingerprint density at radius 1 is 1.05 bits per heavy atom. The van der Waals surface area contributed by atoms with Gasteiger partial charge in [-0.2, -0.15) is 0 Å². The highest BCUT2D eigenvalue weighted by Crippen LogP contribution is 2.32. The Kier molecular flexibility index (Phi) is 7.49. The van der Waals surface area contributed by atoms with Gasteiger partial charge in [-0.3, -0.25) is 14.6 Å². The van der Waals surface area contributed by atoms with E-state index in [2.05, 4.69) is 27.4 Å². The number of aryl methyl sites for hydroxylation is 1. The summed E-state index contributed by atoms with van der Waals surface area (Å²) in [4.78, 5) is 35.3. The second-order valence-electron chi connectivity index (χ2n) is 9.49. The molecule has 1 aliphatic heterocycles. The zero-order valence-electron chi connectivity index (χ0n) is 21.1. The molecule has 1 saturated heterocycles. The number of amides is 2. The maximum atomic E-state index is 13.1. The number of aromatic amines is 1. The molecule has 0 spiro atoms. The van der Waals surface area contributed by atoms with Gasteiger partial charge in [0, 0.05) is 61.0 Å². The number of nitrogens with one attached hydrogen (secondary N) is 2. The van der Waals surface area contributed by atoms with Crippen molar-refractivity contribution in [3.63, 3.8) is 0 Å². The molecule has 1 fully saturated rings. The number of methoxy groups -OCH3 is 1. The number of para-hydroxylation sites is 1. The molecular formula is C30H32N4O3. The van der Waals surface area contributed by atoms with E-state index in [4.69, 9.17) is 4.74 Å². The van der Waals surface area contributed by atoms with Crippen LogP contribution in [-0.4, -0.2) is 46.9 Å². The number of benzene rings is 2. The largest absolute Gasteiger partial charge is 0.497 e. The van der Waals surface area contributed by atoms with Gasteiger partial charge < -0.3 is 19.9 Å². The predicted octanol–water partition coefficient (Wildman–Crippen LogP) is 4.73. The number of likely N-dealkylation sites (tertiary alicyclic amines) is 1. The Labute approximate surface area is 216 Å². The van der Waals surface area contributed by atoms with E-state index in [9.17, 15) is 9.59 Å². The van der Waals surface area contributed by atoms with Crippen LogP contribution in [0.25, 0.3) is 22.2 Å². The van der Waals surface area contributed by atoms with Crippen molar-refractivity contribution in [2.45, 2.75) is 32.2 Å². The summed E-state index contributed by atoms with van der Waals surface area (Å²) in [5, 5.41) is 4.15. The smallest absolute Gasteiger partial charge is 0.223 e. The van der Waals surface area contributed by atoms with E-state index in [-0.39, 0.29) is 17.7 Å². The molecule has 4 aromatic rings. The number of hydrogen-bond acceptors (Lipinski definition) is 4. The molecule has 0 unspecified atom stereocenters. The summed E-state index contributed by atoms with van der Waals surface area (Å²) in [6, 6.07) is 20.0. The van der Waals surface area contributed by atoms with Gasteiger partial charge in [-0.1, -0.05) is 24.3 Å². The zero-order chi connectivity index (χ0) is 25.6. The molecule has 0 atom stereocenters. The maximum absolute atomic E-state index is 13.1. The van der Waals surface area contributed by atoms with Crippen LogP contribution in [0.1, 0.15) is 30.4 Å². The van der Waals surface area contributed by atoms with Crippen LogP contribution in [0.5, 0.6) is 5.75 Å². The summed E-state index contributed by atoms with van der Waals surface area (Å²) in [6.07, 6.45) is 5.94. The molecule has 37 heavy (non-hydrogen) atoms. The first-order valence-electron chi connectivity index (χ1n) is 12.8. The minimum absolute atomic E-state index is 0.0545. The van der Waals surface area contributed by atoms with Crippen LogP contribution in [0.2, 0.25) is 0 Å². The summed E-state index contributed by atoms with van der Waals surface area (Å²) >= 11 is 0. The first-order valence-corrected chi connectivity index (χ1v) is 12.8. The number of hydrogen-bond donors (Lipinski definition) is 2. The molecule has 0 saturated carbocycles. The summed E-state index contributed by atoms with van der Waals surface area (Å²) in [7, 11) is 1.66. The Balaban J connectivity index is 1.19. The second-order valence-corrected chi connectivity index (χ2v) is 9.49. The molecule has 7 nitrogen and oxygen atoms in total. The normalized spacial score (nSPS) is 14.0. The van der Waals surface area contributed by atoms with E-state index in [1.165, 1.54) is 0 Å². The van der Waals surface area contributed by atoms with Crippen molar-refractivity contribution in [1.29, 1.82) is 0 Å². The van der Waals surface area contributed by atoms with Crippen LogP contribution in [0.15, 0.2) is 73.1 Å². The van der Waals surface area contributed by atoms with Crippen LogP contribution in [0.4, 0.5) is 0 Å². The molecule has 190 valence electrons. The van der Waals surface area contributed by atoms with Gasteiger partial charge >= 0.3 is 0 Å². The van der Waals surface area contributed by atoms with Crippen molar-refractivity contribution < 1.29 is 14.3 Å². The molecule has 2 aromatic heterocycles. The van der Waals surface area contributed by atoms with Gasteiger partial charge in [0.1, 0.15) is 5.75 Å². The van der Waals surface area contributed by atoms with Gasteiger partial charge in [-0.15, -0.1) is 0 Å². The molecule has 7 heteroatoms. The van der Waals surface area contributed by atoms with Gasteiger partial charge in [-0.25, -0.2) is 0 Å². The number of pyridine rings is 1. The van der Waals surface area contributed by atoms with Crippen LogP contribution in [0.3, 0.4) is 0 Å². The van der Waals surface area contributed by atoms with E-state index in [1.807, 2.05) is 53.4 Å². The van der Waals surface area contributed by atoms with Gasteiger partial charge in [-0.05, 0) is 72.4 Å². The monoisotopic (exact) mass is 496 g/mol. The average molecular weight is 497 g/mol. The van der Waals surface area contributed by atoms with Gasteiger partial charge in [0.25, 0.3) is 0 Å². The Hall–Kier alpha value is -4.13. The predicted molar refractivity (Wildman–Crippen MR) is 144 cm³/mol. The van der Waals surface area contributed by atoms with Crippen molar-refractivity contribution in [3.8, 4) is 17.0 Å². The molecule has 0 bridgehead atoms. The average Bonchev–Trinajstić information content (AvgIpc) is 3.34. The number of fused-ring (bicyclic) bond motifs is 1. The Bertz CT molecular complexity index is 1360. The molecule has 5 rings (SSSR count). The van der Waals surface area contributed by atoms with E-state index < -0.39 is 0 Å². The van der Waals surface area contributed by atoms with Crippen molar-refractivity contribution in [3.05, 3.63) is 84.2 Å². The number of carbonyl (C=O) groups is 2. The molecule has 2 amide bonds. The SMILES string of the molecule is COc1ccc(-c2[nH]c3ccccc3c2CCC(=O)N2CCC(C(=O)NCc3cccnc3)CC2)cc1. The molecular weight excluding hydrogens is 464 g/mol. The Morgan fingerprint density at radius 3 is 2.57 bits per heavy atom. The summed E-state index contributed by atoms with van der Waals surface area (Å²) in [6.45, 7) is 1.71. The van der Waals surface area contributed by atoms with Gasteiger partial charge in [0.15, 0.2) is 0 Å². The second kappa shape index (κ2) is 11.3. The van der Waals surface area contributed by atoms with E-state index in [1.54, 1.807) is 19.5 Å². The summed E-state index contributed by atoms with van der Waals surface area (Å²) in [5.41, 5.74) is 5.31. The maximum Gasteiger partial charge on any atom is 0.223 e. The molecule has 0 radical (unpaired) electrons. The highest BCUT2D eigenvalue weighted by atomic mass is 16.5. The molecule has 0 aliphatic carbocycles. The lowest BCUT2D eigenvalue weighted by atomic mass is 9.95. The highest BCUT2D eigenvalue weighted by Gasteiger charge is 2.27. The summed E-state index contributed by atoms with van der Waals surface area (Å²) < 4.78 is 5.31. The number of piperidine rings is 1. The van der Waals surface area contributed by atoms with Crippen LogP contribution >= 0.6 is 0 Å². The third-order valence-electron chi connectivity index (χ3n) is 7.19. The van der Waals surface area contributed by atoms with Gasteiger partial charge in [0.05, 0.1) is 7.11 Å². The Morgan fingerprint density at radius 2 is 1.84 bits per heavy atom. The molecule has 3 heterocycles. The van der Waals surface area contributed by atoms with E-state index in [0.29, 0.717) is 45.3 Å². The van der Waals surface area contributed by atoms with E-state index >= 15 is 0 Å². The third-order valence-corrected chi connectivity index (χ3v) is 7.19. The number of rotatable bonds is 8. The number of nitrogens with zero attached hydrogens (tertiary/aromatic N) is 2. The minimum Gasteiger partial charge on any atom is -0.497 e. The van der Waals surface area contributed by atoms with Crippen LogP contribution < -0.4 is 10.1 Å². The number of aromatic nitrogens is 2. The molecule has 2 N–H and O–H groups in total. The fourth-order valence-electron chi connectivity index (χ4n) is 5.08. The van der Waals surface area contributed by atoms with Crippen molar-refractivity contribution >= 4 is 22.7 Å². The topological polar surface area (TPSA) is 87.3 Å². The molecule has 2 aromatic carbocycles. The third kappa shape index (κ3) is 5.66. The lowest BCUT2D eigenvalue weighted by Crippen LogP contribution is -2.43. The lowest BCUT2D eigenvalue weighted by Gasteiger charge is -2.31. The van der Waals surface area contributed by atoms with Crippen molar-refractivity contribution in [1.82, 2.24) is 20.2 Å². The fraction of sp³-hybridized carbons (Fsp3) is 0.300. The first kappa shape index (κ1) is 24.6.